The summed E-state index contributed by atoms with van der Waals surface area (Å²) < 4.78 is 77.3. The SMILES string of the molecule is COc1ccc(O[C@@H]2O[C@H](COCc3ccccc3)[C@@H](O[C@@H]3O[C@@H]4COC(c5ccccc5)O[C@@H]4[C@H](OC(C)=O)[C@H]3OC(C)=O)[C@H](OCc3ccccc3)[C@H]2OCc2ccccc2)cc1. The molecule has 0 spiro atoms. The summed E-state index contributed by atoms with van der Waals surface area (Å²) in [7, 11) is 1.59. The summed E-state index contributed by atoms with van der Waals surface area (Å²) >= 11 is 0. The summed E-state index contributed by atoms with van der Waals surface area (Å²) in [6.07, 6.45) is -11.3. The van der Waals surface area contributed by atoms with Gasteiger partial charge >= 0.3 is 11.9 Å². The van der Waals surface area contributed by atoms with Gasteiger partial charge in [0, 0.05) is 19.4 Å². The van der Waals surface area contributed by atoms with E-state index in [2.05, 4.69) is 0 Å². The van der Waals surface area contributed by atoms with Gasteiger partial charge in [-0.1, -0.05) is 121 Å². The lowest BCUT2D eigenvalue weighted by Gasteiger charge is -2.51. The topological polar surface area (TPSA) is 145 Å². The fourth-order valence-electron chi connectivity index (χ4n) is 8.06. The fourth-order valence-corrected chi connectivity index (χ4v) is 8.06. The highest BCUT2D eigenvalue weighted by atomic mass is 16.8. The Bertz CT molecular complexity index is 2210. The summed E-state index contributed by atoms with van der Waals surface area (Å²) in [5.74, 6) is -0.146. The van der Waals surface area contributed by atoms with Crippen molar-refractivity contribution in [1.29, 1.82) is 0 Å². The van der Waals surface area contributed by atoms with Crippen molar-refractivity contribution in [2.45, 2.75) is 101 Å². The molecule has 8 rings (SSSR count). The third-order valence-corrected chi connectivity index (χ3v) is 11.1. The minimum atomic E-state index is -1.37. The number of hydrogen-bond donors (Lipinski definition) is 0. The molecule has 1 unspecified atom stereocenters. The molecule has 3 fully saturated rings. The van der Waals surface area contributed by atoms with Crippen molar-refractivity contribution in [3.8, 4) is 11.5 Å². The normalized spacial score (nSPS) is 27.5. The van der Waals surface area contributed by atoms with Gasteiger partial charge in [-0.2, -0.15) is 0 Å². The molecule has 5 aromatic rings. The number of hydrogen-bond acceptors (Lipinski definition) is 14. The van der Waals surface area contributed by atoms with E-state index in [9.17, 15) is 9.59 Å². The van der Waals surface area contributed by atoms with Crippen molar-refractivity contribution >= 4 is 11.9 Å². The number of fused-ring (bicyclic) bond motifs is 1. The molecule has 3 saturated heterocycles. The highest BCUT2D eigenvalue weighted by molar-refractivity contribution is 5.67. The van der Waals surface area contributed by atoms with Crippen molar-refractivity contribution in [1.82, 2.24) is 0 Å². The first-order chi connectivity index (χ1) is 31.8. The maximum Gasteiger partial charge on any atom is 0.303 e. The van der Waals surface area contributed by atoms with Crippen molar-refractivity contribution in [2.75, 3.05) is 20.3 Å². The molecular weight excluding hydrogens is 837 g/mol. The molecule has 0 N–H and O–H groups in total. The maximum absolute atomic E-state index is 13.0. The zero-order valence-corrected chi connectivity index (χ0v) is 36.5. The number of rotatable bonds is 18. The smallest absolute Gasteiger partial charge is 0.303 e. The summed E-state index contributed by atoms with van der Waals surface area (Å²) in [6, 6.07) is 45.6. The molecule has 0 saturated carbocycles. The molecule has 3 heterocycles. The second-order valence-electron chi connectivity index (χ2n) is 15.8. The van der Waals surface area contributed by atoms with Gasteiger partial charge in [-0.25, -0.2) is 0 Å². The van der Waals surface area contributed by atoms with E-state index < -0.39 is 79.6 Å². The first kappa shape index (κ1) is 45.9. The first-order valence-corrected chi connectivity index (χ1v) is 21.7. The van der Waals surface area contributed by atoms with Gasteiger partial charge in [-0.15, -0.1) is 0 Å². The summed E-state index contributed by atoms with van der Waals surface area (Å²) in [6.45, 7) is 3.13. The molecular formula is C51H54O14. The Kier molecular flexibility index (Phi) is 15.9. The Morgan fingerprint density at radius 3 is 1.68 bits per heavy atom. The lowest BCUT2D eigenvalue weighted by Crippen LogP contribution is -2.67. The number of carbonyl (C=O) groups excluding carboxylic acids is 2. The highest BCUT2D eigenvalue weighted by Crippen LogP contribution is 2.40. The van der Waals surface area contributed by atoms with Crippen molar-refractivity contribution < 1.29 is 66.4 Å². The molecule has 65 heavy (non-hydrogen) atoms. The van der Waals surface area contributed by atoms with E-state index in [1.807, 2.05) is 121 Å². The molecule has 3 aliphatic heterocycles. The van der Waals surface area contributed by atoms with Gasteiger partial charge in [0.2, 0.25) is 6.29 Å². The molecule has 14 nitrogen and oxygen atoms in total. The average molecular weight is 891 g/mol. The molecule has 14 heteroatoms. The van der Waals surface area contributed by atoms with Crippen LogP contribution in [0.1, 0.15) is 42.4 Å². The number of methoxy groups -OCH3 is 1. The zero-order chi connectivity index (χ0) is 45.0. The van der Waals surface area contributed by atoms with E-state index in [0.717, 1.165) is 22.3 Å². The molecule has 342 valence electrons. The third-order valence-electron chi connectivity index (χ3n) is 11.1. The van der Waals surface area contributed by atoms with E-state index in [1.165, 1.54) is 13.8 Å². The quantitative estimate of drug-likeness (QED) is 0.0813. The monoisotopic (exact) mass is 890 g/mol. The fraction of sp³-hybridized carbons (Fsp3) is 0.373. The minimum absolute atomic E-state index is 0.00596. The second-order valence-corrected chi connectivity index (χ2v) is 15.8. The van der Waals surface area contributed by atoms with Crippen molar-refractivity contribution in [2.24, 2.45) is 0 Å². The Hall–Kier alpha value is -5.68. The minimum Gasteiger partial charge on any atom is -0.497 e. The van der Waals surface area contributed by atoms with Gasteiger partial charge in [0.15, 0.2) is 24.8 Å². The van der Waals surface area contributed by atoms with Crippen LogP contribution in [0.5, 0.6) is 11.5 Å². The van der Waals surface area contributed by atoms with Crippen LogP contribution in [0, 0.1) is 0 Å². The van der Waals surface area contributed by atoms with Crippen LogP contribution in [0.3, 0.4) is 0 Å². The summed E-state index contributed by atoms with van der Waals surface area (Å²) in [5.41, 5.74) is 3.48. The Morgan fingerprint density at radius 2 is 1.09 bits per heavy atom. The van der Waals surface area contributed by atoms with E-state index in [1.54, 1.807) is 31.4 Å². The molecule has 0 amide bonds. The van der Waals surface area contributed by atoms with E-state index >= 15 is 0 Å². The van der Waals surface area contributed by atoms with Gasteiger partial charge in [0.1, 0.15) is 48.1 Å². The van der Waals surface area contributed by atoms with Crippen LogP contribution in [-0.4, -0.2) is 93.7 Å². The molecule has 0 aliphatic carbocycles. The number of ether oxygens (including phenoxy) is 12. The van der Waals surface area contributed by atoms with Gasteiger partial charge in [-0.05, 0) is 41.0 Å². The Labute approximate surface area is 378 Å². The van der Waals surface area contributed by atoms with Crippen LogP contribution in [0.2, 0.25) is 0 Å². The molecule has 0 radical (unpaired) electrons. The van der Waals surface area contributed by atoms with E-state index in [-0.39, 0.29) is 33.0 Å². The summed E-state index contributed by atoms with van der Waals surface area (Å²) in [4.78, 5) is 25.8. The Morgan fingerprint density at radius 1 is 0.554 bits per heavy atom. The molecule has 5 aromatic carbocycles. The Balaban J connectivity index is 1.17. The average Bonchev–Trinajstić information content (AvgIpc) is 3.33. The lowest BCUT2D eigenvalue weighted by molar-refractivity contribution is -0.387. The van der Waals surface area contributed by atoms with E-state index in [0.29, 0.717) is 11.5 Å². The van der Waals surface area contributed by atoms with Crippen molar-refractivity contribution in [3.05, 3.63) is 168 Å². The number of esters is 2. The zero-order valence-electron chi connectivity index (χ0n) is 36.5. The molecule has 0 bridgehead atoms. The lowest BCUT2D eigenvalue weighted by atomic mass is 9.95. The van der Waals surface area contributed by atoms with Crippen molar-refractivity contribution in [3.63, 3.8) is 0 Å². The molecule has 3 aliphatic rings. The van der Waals surface area contributed by atoms with E-state index in [4.69, 9.17) is 56.8 Å². The number of benzene rings is 5. The van der Waals surface area contributed by atoms with Gasteiger partial charge < -0.3 is 56.8 Å². The van der Waals surface area contributed by atoms with Gasteiger partial charge in [0.05, 0.1) is 40.1 Å². The highest BCUT2D eigenvalue weighted by Gasteiger charge is 2.57. The van der Waals surface area contributed by atoms with Crippen LogP contribution < -0.4 is 9.47 Å². The van der Waals surface area contributed by atoms with Gasteiger partial charge in [0.25, 0.3) is 0 Å². The van der Waals surface area contributed by atoms with Crippen LogP contribution in [0.25, 0.3) is 0 Å². The molecule has 11 atom stereocenters. The largest absolute Gasteiger partial charge is 0.497 e. The standard InChI is InChI=1S/C51H54O14/c1-33(52)59-46-44-42(32-58-49(64-44)38-22-14-7-15-23-38)63-51(48(46)60-34(2)53)65-43-41(31-55-28-35-16-8-4-9-17-35)62-50(61-40-26-24-39(54-3)25-27-40)47(57-30-37-20-12-6-13-21-37)45(43)56-29-36-18-10-5-11-19-36/h4-27,41-51H,28-32H2,1-3H3/t41-,42-,43-,44+,45+,46+,47-,48-,49?,50-,51+/m1/s1. The predicted octanol–water partition coefficient (Wildman–Crippen LogP) is 7.27. The number of carbonyl (C=O) groups is 2. The van der Waals surface area contributed by atoms with Crippen LogP contribution >= 0.6 is 0 Å². The maximum atomic E-state index is 13.0. The third kappa shape index (κ3) is 12.2. The molecule has 0 aromatic heterocycles. The summed E-state index contributed by atoms with van der Waals surface area (Å²) in [5, 5.41) is 0. The first-order valence-electron chi connectivity index (χ1n) is 21.7. The van der Waals surface area contributed by atoms with Crippen LogP contribution in [0.4, 0.5) is 0 Å². The van der Waals surface area contributed by atoms with Crippen LogP contribution in [-0.2, 0) is 76.8 Å². The van der Waals surface area contributed by atoms with Gasteiger partial charge in [-0.3, -0.25) is 9.59 Å². The second kappa shape index (κ2) is 22.5. The van der Waals surface area contributed by atoms with Crippen LogP contribution in [0.15, 0.2) is 146 Å². The predicted molar refractivity (Wildman–Crippen MR) is 233 cm³/mol.